The maximum Gasteiger partial charge on any atom is 0.326 e. The molecule has 5 atom stereocenters. The molecule has 5 aromatic heterocycles. The lowest BCUT2D eigenvalue weighted by Crippen LogP contribution is -2.59. The second kappa shape index (κ2) is 20.0. The van der Waals surface area contributed by atoms with Crippen LogP contribution in [-0.4, -0.2) is 89.8 Å². The molecular formula is C55H52N10O6. The van der Waals surface area contributed by atoms with Crippen molar-refractivity contribution in [3.63, 3.8) is 0 Å². The number of H-pyrrole nitrogens is 5. The molecule has 5 aromatic carbocycles. The van der Waals surface area contributed by atoms with E-state index in [1.54, 1.807) is 24.8 Å². The number of hydrogen-bond acceptors (Lipinski definition) is 6. The van der Waals surface area contributed by atoms with Gasteiger partial charge in [-0.15, -0.1) is 0 Å². The molecule has 16 nitrogen and oxygen atoms in total. The number of carboxylic acid groups (broad SMARTS) is 1. The van der Waals surface area contributed by atoms with Gasteiger partial charge >= 0.3 is 5.97 Å². The third-order valence-corrected chi connectivity index (χ3v) is 13.4. The number of nitrogens with one attached hydrogen (secondary N) is 9. The van der Waals surface area contributed by atoms with Crippen LogP contribution in [0.1, 0.15) is 27.8 Å². The number of hydrogen-bond donors (Lipinski definition) is 11. The van der Waals surface area contributed by atoms with Gasteiger partial charge in [0, 0.05) is 111 Å². The summed E-state index contributed by atoms with van der Waals surface area (Å²) in [5, 5.41) is 26.2. The van der Waals surface area contributed by atoms with Crippen LogP contribution in [0.5, 0.6) is 0 Å². The highest BCUT2D eigenvalue weighted by Gasteiger charge is 2.34. The summed E-state index contributed by atoms with van der Waals surface area (Å²) in [7, 11) is 0. The van der Waals surface area contributed by atoms with E-state index in [9.17, 15) is 24.3 Å². The number of fused-ring (bicyclic) bond motifs is 5. The van der Waals surface area contributed by atoms with E-state index < -0.39 is 59.8 Å². The van der Waals surface area contributed by atoms with E-state index in [0.29, 0.717) is 16.7 Å². The standard InChI is InChI=1S/C55H52N10O6/c56-41(21-31-26-57-42-16-6-1-11-36(31)42)51(66)62-47(22-32-27-58-43-17-7-2-12-37(32)43)52(67)63-48(23-33-28-59-44-18-8-3-13-38(33)44)53(68)64-49(24-34-29-60-45-19-9-4-14-39(34)45)54(69)65-50(55(70)71)25-35-30-61-46-20-10-5-15-40(35)46/h1-20,26-30,41,47-50,57-61H,21-25,56H2,(H,62,66)(H,63,67)(H,64,68)(H,65,69)(H,70,71)/t41-,47-,48-,49-,50-/m0/s1. The summed E-state index contributed by atoms with van der Waals surface area (Å²) in [5.41, 5.74) is 14.5. The number of carbonyl (C=O) groups is 5. The molecule has 358 valence electrons. The van der Waals surface area contributed by atoms with E-state index in [4.69, 9.17) is 5.73 Å². The Labute approximate surface area is 406 Å². The molecular weight excluding hydrogens is 897 g/mol. The number of aromatic nitrogens is 5. The Morgan fingerprint density at radius 2 is 0.606 bits per heavy atom. The first kappa shape index (κ1) is 45.9. The lowest BCUT2D eigenvalue weighted by atomic mass is 9.99. The Bertz CT molecular complexity index is 3580. The minimum Gasteiger partial charge on any atom is -0.480 e. The second-order valence-corrected chi connectivity index (χ2v) is 18.0. The molecule has 4 amide bonds. The summed E-state index contributed by atoms with van der Waals surface area (Å²) >= 11 is 0. The van der Waals surface area contributed by atoms with Crippen molar-refractivity contribution in [3.8, 4) is 0 Å². The van der Waals surface area contributed by atoms with Crippen LogP contribution in [0.15, 0.2) is 152 Å². The van der Waals surface area contributed by atoms with Gasteiger partial charge in [0.2, 0.25) is 23.6 Å². The summed E-state index contributed by atoms with van der Waals surface area (Å²) in [6.45, 7) is 0. The van der Waals surface area contributed by atoms with Crippen molar-refractivity contribution in [1.82, 2.24) is 46.2 Å². The fourth-order valence-electron chi connectivity index (χ4n) is 9.64. The second-order valence-electron chi connectivity index (χ2n) is 18.0. The summed E-state index contributed by atoms with van der Waals surface area (Å²) in [4.78, 5) is 87.6. The number of carboxylic acids is 1. The quantitative estimate of drug-likeness (QED) is 0.0463. The van der Waals surface area contributed by atoms with Crippen molar-refractivity contribution in [2.75, 3.05) is 0 Å². The number of benzene rings is 5. The van der Waals surface area contributed by atoms with Crippen LogP contribution in [0.3, 0.4) is 0 Å². The topological polar surface area (TPSA) is 259 Å². The normalized spacial score (nSPS) is 13.8. The Morgan fingerprint density at radius 1 is 0.366 bits per heavy atom. The van der Waals surface area contributed by atoms with Gasteiger partial charge in [-0.05, 0) is 64.6 Å². The van der Waals surface area contributed by atoms with Gasteiger partial charge in [-0.2, -0.15) is 0 Å². The smallest absolute Gasteiger partial charge is 0.326 e. The van der Waals surface area contributed by atoms with Crippen molar-refractivity contribution in [2.24, 2.45) is 5.73 Å². The number of carbonyl (C=O) groups excluding carboxylic acids is 4. The number of aliphatic carboxylic acids is 1. The van der Waals surface area contributed by atoms with E-state index in [1.807, 2.05) is 128 Å². The Morgan fingerprint density at radius 3 is 0.901 bits per heavy atom. The minimum atomic E-state index is -1.36. The van der Waals surface area contributed by atoms with Gasteiger partial charge in [-0.3, -0.25) is 19.2 Å². The van der Waals surface area contributed by atoms with E-state index in [1.165, 1.54) is 0 Å². The molecule has 0 saturated carbocycles. The number of aromatic amines is 5. The average molecular weight is 949 g/mol. The summed E-state index contributed by atoms with van der Waals surface area (Å²) < 4.78 is 0. The molecule has 0 fully saturated rings. The van der Waals surface area contributed by atoms with Crippen molar-refractivity contribution >= 4 is 84.1 Å². The number of para-hydroxylation sites is 5. The molecule has 0 unspecified atom stereocenters. The molecule has 0 aliphatic rings. The molecule has 0 saturated heterocycles. The highest BCUT2D eigenvalue weighted by atomic mass is 16.4. The van der Waals surface area contributed by atoms with Crippen LogP contribution in [0.4, 0.5) is 0 Å². The predicted octanol–water partition coefficient (Wildman–Crippen LogP) is 5.96. The lowest BCUT2D eigenvalue weighted by Gasteiger charge is -2.26. The van der Waals surface area contributed by atoms with Crippen LogP contribution in [0.2, 0.25) is 0 Å². The fraction of sp³-hybridized carbons (Fsp3) is 0.182. The summed E-state index contributed by atoms with van der Waals surface area (Å²) in [5.74, 6) is -3.93. The van der Waals surface area contributed by atoms with Gasteiger partial charge in [0.15, 0.2) is 0 Å². The number of nitrogens with two attached hydrogens (primary N) is 1. The predicted molar refractivity (Wildman–Crippen MR) is 273 cm³/mol. The van der Waals surface area contributed by atoms with Crippen molar-refractivity contribution < 1.29 is 29.1 Å². The molecule has 16 heteroatoms. The first-order chi connectivity index (χ1) is 34.6. The van der Waals surface area contributed by atoms with Crippen molar-refractivity contribution in [3.05, 3.63) is 180 Å². The molecule has 0 bridgehead atoms. The first-order valence-corrected chi connectivity index (χ1v) is 23.5. The third kappa shape index (κ3) is 9.87. The van der Waals surface area contributed by atoms with Gasteiger partial charge in [-0.25, -0.2) is 4.79 Å². The molecule has 0 aliphatic carbocycles. The summed E-state index contributed by atoms with van der Waals surface area (Å²) in [6.07, 6.45) is 9.00. The van der Waals surface area contributed by atoms with Crippen LogP contribution in [0, 0.1) is 0 Å². The van der Waals surface area contributed by atoms with E-state index in [-0.39, 0.29) is 32.1 Å². The van der Waals surface area contributed by atoms with Gasteiger partial charge in [0.05, 0.1) is 6.04 Å². The van der Waals surface area contributed by atoms with Crippen LogP contribution in [-0.2, 0) is 56.1 Å². The number of amides is 4. The maximum atomic E-state index is 15.0. The third-order valence-electron chi connectivity index (χ3n) is 13.4. The van der Waals surface area contributed by atoms with Gasteiger partial charge < -0.3 is 57.0 Å². The number of rotatable bonds is 19. The van der Waals surface area contributed by atoms with E-state index in [0.717, 1.165) is 65.6 Å². The first-order valence-electron chi connectivity index (χ1n) is 23.5. The highest BCUT2D eigenvalue weighted by Crippen LogP contribution is 2.25. The Kier molecular flexibility index (Phi) is 12.9. The zero-order valence-electron chi connectivity index (χ0n) is 38.4. The minimum absolute atomic E-state index is 0.0187. The van der Waals surface area contributed by atoms with Crippen molar-refractivity contribution in [2.45, 2.75) is 62.3 Å². The van der Waals surface area contributed by atoms with E-state index in [2.05, 4.69) is 46.2 Å². The highest BCUT2D eigenvalue weighted by molar-refractivity contribution is 5.98. The molecule has 0 aliphatic heterocycles. The van der Waals surface area contributed by atoms with Crippen LogP contribution in [0.25, 0.3) is 54.5 Å². The molecule has 5 heterocycles. The van der Waals surface area contributed by atoms with Gasteiger partial charge in [-0.1, -0.05) is 91.0 Å². The molecule has 0 spiro atoms. The van der Waals surface area contributed by atoms with Crippen molar-refractivity contribution in [1.29, 1.82) is 0 Å². The zero-order chi connectivity index (χ0) is 49.0. The summed E-state index contributed by atoms with van der Waals surface area (Å²) in [6, 6.07) is 31.7. The van der Waals surface area contributed by atoms with Gasteiger partial charge in [0.1, 0.15) is 24.2 Å². The lowest BCUT2D eigenvalue weighted by molar-refractivity contribution is -0.142. The molecule has 0 radical (unpaired) electrons. The molecule has 10 aromatic rings. The zero-order valence-corrected chi connectivity index (χ0v) is 38.4. The van der Waals surface area contributed by atoms with Crippen LogP contribution >= 0.6 is 0 Å². The average Bonchev–Trinajstić information content (AvgIpc) is 4.25. The Hall–Kier alpha value is -8.89. The SMILES string of the molecule is N[C@@H](Cc1c[nH]c2ccccc12)C(=O)N[C@@H](Cc1c[nH]c2ccccc12)C(=O)N[C@@H](Cc1c[nH]c2ccccc12)C(=O)N[C@@H](Cc1c[nH]c2ccccc12)C(=O)N[C@@H](Cc1c[nH]c2ccccc12)C(=O)O. The van der Waals surface area contributed by atoms with Crippen LogP contribution < -0.4 is 27.0 Å². The molecule has 12 N–H and O–H groups in total. The maximum absolute atomic E-state index is 15.0. The monoisotopic (exact) mass is 948 g/mol. The van der Waals surface area contributed by atoms with Gasteiger partial charge in [0.25, 0.3) is 0 Å². The molecule has 10 rings (SSSR count). The largest absolute Gasteiger partial charge is 0.480 e. The van der Waals surface area contributed by atoms with E-state index >= 15 is 4.79 Å². The Balaban J connectivity index is 0.957. The molecule has 71 heavy (non-hydrogen) atoms. The fourth-order valence-corrected chi connectivity index (χ4v) is 9.64.